The Balaban J connectivity index is 1.59. The molecule has 0 spiro atoms. The van der Waals surface area contributed by atoms with Gasteiger partial charge in [0, 0.05) is 30.8 Å². The van der Waals surface area contributed by atoms with Gasteiger partial charge in [-0.25, -0.2) is 13.8 Å². The minimum Gasteiger partial charge on any atom is -0.478 e. The third-order valence-electron chi connectivity index (χ3n) is 4.14. The highest BCUT2D eigenvalue weighted by molar-refractivity contribution is 6.30. The summed E-state index contributed by atoms with van der Waals surface area (Å²) in [6.07, 6.45) is 2.30. The number of ether oxygens (including phenoxy) is 1. The van der Waals surface area contributed by atoms with Crippen LogP contribution >= 0.6 is 11.6 Å². The molecule has 1 aliphatic rings. The van der Waals surface area contributed by atoms with Crippen LogP contribution in [0.2, 0.25) is 5.02 Å². The van der Waals surface area contributed by atoms with Crippen molar-refractivity contribution in [2.24, 2.45) is 5.92 Å². The lowest BCUT2D eigenvalue weighted by Crippen LogP contribution is -2.16. The standard InChI is InChI=1S/C17H17ClF2N2O/c18-12-1-4-17(22-9-12)23-6-5-11-8-21-10-15(11)14-3-2-13(19)7-16(14)20/h1-4,7,9,11,15,21H,5-6,8,10H2/t11-,15+/m1/s1. The van der Waals surface area contributed by atoms with Crippen molar-refractivity contribution in [3.8, 4) is 5.88 Å². The van der Waals surface area contributed by atoms with Crippen LogP contribution in [-0.4, -0.2) is 24.7 Å². The lowest BCUT2D eigenvalue weighted by atomic mass is 9.86. The van der Waals surface area contributed by atoms with Gasteiger partial charge in [-0.2, -0.15) is 0 Å². The van der Waals surface area contributed by atoms with Crippen LogP contribution in [0.5, 0.6) is 5.88 Å². The molecule has 0 bridgehead atoms. The molecular weight excluding hydrogens is 322 g/mol. The number of nitrogens with one attached hydrogen (secondary N) is 1. The van der Waals surface area contributed by atoms with Gasteiger partial charge in [0.15, 0.2) is 0 Å². The minimum atomic E-state index is -0.550. The quantitative estimate of drug-likeness (QED) is 0.900. The third kappa shape index (κ3) is 3.98. The summed E-state index contributed by atoms with van der Waals surface area (Å²) in [5.74, 6) is -0.251. The highest BCUT2D eigenvalue weighted by Gasteiger charge is 2.30. The van der Waals surface area contributed by atoms with Crippen molar-refractivity contribution in [1.29, 1.82) is 0 Å². The molecule has 1 N–H and O–H groups in total. The first-order valence-corrected chi connectivity index (χ1v) is 7.91. The zero-order valence-corrected chi connectivity index (χ0v) is 13.2. The predicted octanol–water partition coefficient (Wildman–Crippen LogP) is 3.79. The molecular formula is C17H17ClF2N2O. The van der Waals surface area contributed by atoms with Gasteiger partial charge in [0.1, 0.15) is 11.6 Å². The number of benzene rings is 1. The van der Waals surface area contributed by atoms with Crippen LogP contribution in [0.3, 0.4) is 0 Å². The van der Waals surface area contributed by atoms with Crippen LogP contribution in [0.1, 0.15) is 17.9 Å². The molecule has 2 aromatic rings. The molecule has 2 heterocycles. The van der Waals surface area contributed by atoms with Gasteiger partial charge in [0.05, 0.1) is 11.6 Å². The van der Waals surface area contributed by atoms with Crippen LogP contribution in [0.15, 0.2) is 36.5 Å². The molecule has 0 amide bonds. The molecule has 122 valence electrons. The van der Waals surface area contributed by atoms with Crippen LogP contribution in [0.4, 0.5) is 8.78 Å². The van der Waals surface area contributed by atoms with Crippen LogP contribution < -0.4 is 10.1 Å². The summed E-state index contributed by atoms with van der Waals surface area (Å²) in [6, 6.07) is 7.22. The summed E-state index contributed by atoms with van der Waals surface area (Å²) in [4.78, 5) is 4.07. The fourth-order valence-corrected chi connectivity index (χ4v) is 3.08. The van der Waals surface area contributed by atoms with E-state index >= 15 is 0 Å². The number of hydrogen-bond acceptors (Lipinski definition) is 3. The van der Waals surface area contributed by atoms with Gasteiger partial charge < -0.3 is 10.1 Å². The molecule has 1 aliphatic heterocycles. The maximum atomic E-state index is 14.0. The summed E-state index contributed by atoms with van der Waals surface area (Å²) in [6.45, 7) is 1.96. The first-order valence-electron chi connectivity index (χ1n) is 7.53. The van der Waals surface area contributed by atoms with E-state index in [0.717, 1.165) is 19.0 Å². The van der Waals surface area contributed by atoms with E-state index in [1.807, 2.05) is 0 Å². The molecule has 1 aromatic carbocycles. The molecule has 3 nitrogen and oxygen atoms in total. The van der Waals surface area contributed by atoms with Crippen molar-refractivity contribution in [2.45, 2.75) is 12.3 Å². The summed E-state index contributed by atoms with van der Waals surface area (Å²) in [7, 11) is 0. The van der Waals surface area contributed by atoms with E-state index in [1.165, 1.54) is 18.3 Å². The third-order valence-corrected chi connectivity index (χ3v) is 4.36. The zero-order valence-electron chi connectivity index (χ0n) is 12.4. The molecule has 1 saturated heterocycles. The van der Waals surface area contributed by atoms with Gasteiger partial charge in [-0.15, -0.1) is 0 Å². The summed E-state index contributed by atoms with van der Waals surface area (Å²) >= 11 is 5.77. The van der Waals surface area contributed by atoms with E-state index in [1.54, 1.807) is 12.1 Å². The Labute approximate surface area is 138 Å². The van der Waals surface area contributed by atoms with Crippen LogP contribution in [0, 0.1) is 17.6 Å². The number of rotatable bonds is 5. The van der Waals surface area contributed by atoms with Gasteiger partial charge in [0.25, 0.3) is 0 Å². The summed E-state index contributed by atoms with van der Waals surface area (Å²) < 4.78 is 32.6. The number of pyridine rings is 1. The Bertz CT molecular complexity index is 666. The van der Waals surface area contributed by atoms with E-state index in [0.29, 0.717) is 29.6 Å². The largest absolute Gasteiger partial charge is 0.478 e. The Morgan fingerprint density at radius 3 is 2.83 bits per heavy atom. The molecule has 3 rings (SSSR count). The van der Waals surface area contributed by atoms with E-state index in [9.17, 15) is 8.78 Å². The average molecular weight is 339 g/mol. The average Bonchev–Trinajstić information content (AvgIpc) is 2.97. The first-order chi connectivity index (χ1) is 11.1. The molecule has 1 fully saturated rings. The lowest BCUT2D eigenvalue weighted by molar-refractivity contribution is 0.267. The monoisotopic (exact) mass is 338 g/mol. The molecule has 6 heteroatoms. The van der Waals surface area contributed by atoms with Crippen LogP contribution in [-0.2, 0) is 0 Å². The first kappa shape index (κ1) is 16.1. The van der Waals surface area contributed by atoms with Crippen molar-refractivity contribution in [3.63, 3.8) is 0 Å². The predicted molar refractivity (Wildman–Crippen MR) is 84.8 cm³/mol. The normalized spacial score (nSPS) is 20.7. The molecule has 0 saturated carbocycles. The van der Waals surface area contributed by atoms with E-state index in [4.69, 9.17) is 16.3 Å². The van der Waals surface area contributed by atoms with Crippen molar-refractivity contribution in [3.05, 3.63) is 58.7 Å². The molecule has 2 atom stereocenters. The van der Waals surface area contributed by atoms with Gasteiger partial charge >= 0.3 is 0 Å². The summed E-state index contributed by atoms with van der Waals surface area (Å²) in [5.41, 5.74) is 0.561. The number of halogens is 3. The second-order valence-corrected chi connectivity index (χ2v) is 6.08. The van der Waals surface area contributed by atoms with Crippen molar-refractivity contribution in [2.75, 3.05) is 19.7 Å². The van der Waals surface area contributed by atoms with Gasteiger partial charge in [0.2, 0.25) is 5.88 Å². The van der Waals surface area contributed by atoms with E-state index < -0.39 is 11.6 Å². The van der Waals surface area contributed by atoms with Crippen molar-refractivity contribution < 1.29 is 13.5 Å². The Morgan fingerprint density at radius 1 is 1.22 bits per heavy atom. The van der Waals surface area contributed by atoms with Gasteiger partial charge in [-0.3, -0.25) is 0 Å². The van der Waals surface area contributed by atoms with Crippen molar-refractivity contribution >= 4 is 11.6 Å². The number of aromatic nitrogens is 1. The van der Waals surface area contributed by atoms with Gasteiger partial charge in [-0.05, 0) is 36.6 Å². The Morgan fingerprint density at radius 2 is 2.09 bits per heavy atom. The molecule has 0 aliphatic carbocycles. The highest BCUT2D eigenvalue weighted by atomic mass is 35.5. The van der Waals surface area contributed by atoms with Gasteiger partial charge in [-0.1, -0.05) is 17.7 Å². The lowest BCUT2D eigenvalue weighted by Gasteiger charge is -2.19. The second-order valence-electron chi connectivity index (χ2n) is 5.64. The van der Waals surface area contributed by atoms with E-state index in [2.05, 4.69) is 10.3 Å². The Hall–Kier alpha value is -1.72. The number of nitrogens with zero attached hydrogens (tertiary/aromatic N) is 1. The molecule has 1 aromatic heterocycles. The molecule has 0 radical (unpaired) electrons. The smallest absolute Gasteiger partial charge is 0.213 e. The highest BCUT2D eigenvalue weighted by Crippen LogP contribution is 2.32. The minimum absolute atomic E-state index is 0.0253. The maximum absolute atomic E-state index is 14.0. The SMILES string of the molecule is Fc1ccc([C@H]2CNC[C@H]2CCOc2ccc(Cl)cn2)c(F)c1. The number of hydrogen-bond donors (Lipinski definition) is 1. The van der Waals surface area contributed by atoms with Crippen LogP contribution in [0.25, 0.3) is 0 Å². The maximum Gasteiger partial charge on any atom is 0.213 e. The van der Waals surface area contributed by atoms with E-state index in [-0.39, 0.29) is 11.8 Å². The fraction of sp³-hybridized carbons (Fsp3) is 0.353. The molecule has 0 unspecified atom stereocenters. The Kier molecular flexibility index (Phi) is 5.08. The topological polar surface area (TPSA) is 34.1 Å². The fourth-order valence-electron chi connectivity index (χ4n) is 2.97. The second kappa shape index (κ2) is 7.23. The van der Waals surface area contributed by atoms with Crippen molar-refractivity contribution in [1.82, 2.24) is 10.3 Å². The molecule has 23 heavy (non-hydrogen) atoms. The zero-order chi connectivity index (χ0) is 16.2. The summed E-state index contributed by atoms with van der Waals surface area (Å²) in [5, 5.41) is 3.83.